The highest BCUT2D eigenvalue weighted by Gasteiger charge is 2.05. The molecule has 0 atom stereocenters. The summed E-state index contributed by atoms with van der Waals surface area (Å²) in [5.41, 5.74) is 2.70. The Labute approximate surface area is 98.4 Å². The number of methoxy groups -OCH3 is 2. The van der Waals surface area contributed by atoms with Crippen molar-refractivity contribution in [2.24, 2.45) is 0 Å². The Bertz CT molecular complexity index is 430. The van der Waals surface area contributed by atoms with Crippen LogP contribution in [0.1, 0.15) is 11.1 Å². The van der Waals surface area contributed by atoms with Crippen molar-refractivity contribution in [2.75, 3.05) is 14.2 Å². The van der Waals surface area contributed by atoms with Crippen LogP contribution in [0.3, 0.4) is 0 Å². The van der Waals surface area contributed by atoms with Gasteiger partial charge in [0, 0.05) is 0 Å². The van der Waals surface area contributed by atoms with Crippen molar-refractivity contribution in [1.82, 2.24) is 0 Å². The van der Waals surface area contributed by atoms with Gasteiger partial charge in [-0.15, -0.1) is 0 Å². The Hall–Kier alpha value is -1.48. The van der Waals surface area contributed by atoms with E-state index in [9.17, 15) is 0 Å². The quantitative estimate of drug-likeness (QED) is 0.578. The summed E-state index contributed by atoms with van der Waals surface area (Å²) in [5.74, 6) is 0.594. The zero-order valence-electron chi connectivity index (χ0n) is 9.49. The van der Waals surface area contributed by atoms with E-state index in [1.807, 2.05) is 6.08 Å². The maximum Gasteiger partial charge on any atom is 0.274 e. The van der Waals surface area contributed by atoms with Crippen molar-refractivity contribution in [3.63, 3.8) is 0 Å². The number of allylic oxidation sites excluding steroid dienone is 1. The zero-order chi connectivity index (χ0) is 11.4. The van der Waals surface area contributed by atoms with Crippen LogP contribution >= 0.6 is 0 Å². The molecule has 1 aliphatic carbocycles. The van der Waals surface area contributed by atoms with Gasteiger partial charge in [-0.05, 0) is 23.2 Å². The van der Waals surface area contributed by atoms with E-state index < -0.39 is 0 Å². The molecule has 0 aromatic heterocycles. The smallest absolute Gasteiger partial charge is 0.274 e. The van der Waals surface area contributed by atoms with Gasteiger partial charge in [-0.3, -0.25) is 0 Å². The standard InChI is InChI=1S/C13H14O2Si/c1-14-13(15-2)7-8-16-12-6-5-10-3-4-11(10)9-12/h3-7,9H,8H2,1-2H3. The highest BCUT2D eigenvalue weighted by Crippen LogP contribution is 2.21. The van der Waals surface area contributed by atoms with E-state index in [4.69, 9.17) is 9.47 Å². The lowest BCUT2D eigenvalue weighted by Crippen LogP contribution is -2.14. The molecule has 3 heteroatoms. The van der Waals surface area contributed by atoms with Gasteiger partial charge in [0.05, 0.1) is 23.7 Å². The first-order valence-corrected chi connectivity index (χ1v) is 6.38. The van der Waals surface area contributed by atoms with Gasteiger partial charge in [0.25, 0.3) is 5.95 Å². The van der Waals surface area contributed by atoms with Gasteiger partial charge in [0.2, 0.25) is 0 Å². The molecule has 2 radical (unpaired) electrons. The van der Waals surface area contributed by atoms with Gasteiger partial charge in [0.15, 0.2) is 0 Å². The first kappa shape index (κ1) is 11.0. The highest BCUT2D eigenvalue weighted by atomic mass is 28.2. The predicted molar refractivity (Wildman–Crippen MR) is 67.7 cm³/mol. The number of benzene rings is 1. The van der Waals surface area contributed by atoms with Gasteiger partial charge in [-0.2, -0.15) is 0 Å². The molecular formula is C13H14O2Si. The number of hydrogen-bond donors (Lipinski definition) is 0. The molecule has 0 spiro atoms. The van der Waals surface area contributed by atoms with E-state index in [0.717, 1.165) is 15.6 Å². The molecule has 82 valence electrons. The van der Waals surface area contributed by atoms with E-state index in [-0.39, 0.29) is 0 Å². The van der Waals surface area contributed by atoms with E-state index in [0.29, 0.717) is 5.95 Å². The second-order valence-electron chi connectivity index (χ2n) is 3.49. The lowest BCUT2D eigenvalue weighted by Gasteiger charge is -2.11. The topological polar surface area (TPSA) is 18.5 Å². The molecule has 0 saturated heterocycles. The van der Waals surface area contributed by atoms with Crippen LogP contribution in [0.15, 0.2) is 30.2 Å². The van der Waals surface area contributed by atoms with Gasteiger partial charge >= 0.3 is 0 Å². The van der Waals surface area contributed by atoms with Crippen LogP contribution in [0.25, 0.3) is 12.2 Å². The summed E-state index contributed by atoms with van der Waals surface area (Å²) < 4.78 is 10.0. The fraction of sp³-hybridized carbons (Fsp3) is 0.231. The summed E-state index contributed by atoms with van der Waals surface area (Å²) in [6.45, 7) is 0. The third-order valence-corrected chi connectivity index (χ3v) is 3.63. The molecule has 0 saturated carbocycles. The monoisotopic (exact) mass is 230 g/mol. The van der Waals surface area contributed by atoms with Crippen LogP contribution in [0.5, 0.6) is 0 Å². The van der Waals surface area contributed by atoms with Crippen LogP contribution in [0.4, 0.5) is 0 Å². The molecule has 0 bridgehead atoms. The minimum absolute atomic E-state index is 0.594. The Kier molecular flexibility index (Phi) is 3.46. The van der Waals surface area contributed by atoms with Gasteiger partial charge < -0.3 is 9.47 Å². The average molecular weight is 230 g/mol. The summed E-state index contributed by atoms with van der Waals surface area (Å²) in [5, 5.41) is 1.38. The third-order valence-electron chi connectivity index (χ3n) is 2.51. The first-order valence-electron chi connectivity index (χ1n) is 5.17. The largest absolute Gasteiger partial charge is 0.469 e. The summed E-state index contributed by atoms with van der Waals surface area (Å²) >= 11 is 0. The molecule has 0 N–H and O–H groups in total. The number of hydrogen-bond acceptors (Lipinski definition) is 2. The number of fused-ring (bicyclic) bond motifs is 1. The maximum absolute atomic E-state index is 5.02. The van der Waals surface area contributed by atoms with Crippen LogP contribution in [0, 0.1) is 0 Å². The van der Waals surface area contributed by atoms with Gasteiger partial charge in [-0.25, -0.2) is 0 Å². The molecule has 0 amide bonds. The number of rotatable bonds is 5. The second kappa shape index (κ2) is 5.03. The average Bonchev–Trinajstić information content (AvgIpc) is 2.28. The fourth-order valence-electron chi connectivity index (χ4n) is 1.57. The van der Waals surface area contributed by atoms with Crippen molar-refractivity contribution < 1.29 is 9.47 Å². The Morgan fingerprint density at radius 2 is 1.94 bits per heavy atom. The lowest BCUT2D eigenvalue weighted by atomic mass is 9.98. The van der Waals surface area contributed by atoms with E-state index in [1.54, 1.807) is 14.2 Å². The maximum atomic E-state index is 5.02. The predicted octanol–water partition coefficient (Wildman–Crippen LogP) is 2.05. The Balaban J connectivity index is 1.91. The van der Waals surface area contributed by atoms with E-state index >= 15 is 0 Å². The summed E-state index contributed by atoms with van der Waals surface area (Å²) in [6, 6.07) is 7.57. The second-order valence-corrected chi connectivity index (χ2v) is 4.83. The summed E-state index contributed by atoms with van der Waals surface area (Å²) in [6.07, 6.45) is 6.26. The van der Waals surface area contributed by atoms with Crippen LogP contribution in [-0.2, 0) is 9.47 Å². The van der Waals surface area contributed by atoms with Crippen molar-refractivity contribution in [3.05, 3.63) is 41.3 Å². The molecule has 2 nitrogen and oxygen atoms in total. The molecule has 1 aromatic rings. The molecule has 0 fully saturated rings. The van der Waals surface area contributed by atoms with Crippen LogP contribution in [-0.4, -0.2) is 23.7 Å². The van der Waals surface area contributed by atoms with Crippen molar-refractivity contribution >= 4 is 26.9 Å². The summed E-state index contributed by atoms with van der Waals surface area (Å²) in [7, 11) is 4.00. The van der Waals surface area contributed by atoms with Gasteiger partial charge in [-0.1, -0.05) is 35.5 Å². The molecular weight excluding hydrogens is 216 g/mol. The Morgan fingerprint density at radius 3 is 2.50 bits per heavy atom. The van der Waals surface area contributed by atoms with E-state index in [2.05, 4.69) is 30.4 Å². The van der Waals surface area contributed by atoms with Crippen LogP contribution < -0.4 is 5.19 Å². The zero-order valence-corrected chi connectivity index (χ0v) is 10.5. The SMILES string of the molecule is COC(=CC[Si]c1ccc2c(c1)C=C2)OC. The molecule has 0 heterocycles. The van der Waals surface area contributed by atoms with E-state index in [1.165, 1.54) is 16.3 Å². The minimum Gasteiger partial charge on any atom is -0.469 e. The van der Waals surface area contributed by atoms with Crippen molar-refractivity contribution in [2.45, 2.75) is 6.04 Å². The van der Waals surface area contributed by atoms with Gasteiger partial charge in [0.1, 0.15) is 0 Å². The fourth-order valence-corrected chi connectivity index (χ4v) is 2.53. The summed E-state index contributed by atoms with van der Waals surface area (Å²) in [4.78, 5) is 0. The molecule has 16 heavy (non-hydrogen) atoms. The highest BCUT2D eigenvalue weighted by molar-refractivity contribution is 6.54. The molecule has 2 rings (SSSR count). The molecule has 1 aliphatic rings. The molecule has 0 aliphatic heterocycles. The van der Waals surface area contributed by atoms with Crippen LogP contribution in [0.2, 0.25) is 6.04 Å². The molecule has 0 unspecified atom stereocenters. The van der Waals surface area contributed by atoms with Crippen molar-refractivity contribution in [3.8, 4) is 0 Å². The van der Waals surface area contributed by atoms with Crippen molar-refractivity contribution in [1.29, 1.82) is 0 Å². The Morgan fingerprint density at radius 1 is 1.19 bits per heavy atom. The minimum atomic E-state index is 0.594. The number of ether oxygens (including phenoxy) is 2. The normalized spacial score (nSPS) is 11.4. The molecule has 1 aromatic carbocycles. The lowest BCUT2D eigenvalue weighted by molar-refractivity contribution is 0.0948. The third kappa shape index (κ3) is 2.36. The first-order chi connectivity index (χ1) is 7.83.